The number of nitrogens with zero attached hydrogens (tertiary/aromatic N) is 2. The quantitative estimate of drug-likeness (QED) is 0.192. The first-order valence-electron chi connectivity index (χ1n) is 14.5. The van der Waals surface area contributed by atoms with Gasteiger partial charge < -0.3 is 30.2 Å². The van der Waals surface area contributed by atoms with Gasteiger partial charge in [0.1, 0.15) is 23.1 Å². The van der Waals surface area contributed by atoms with Gasteiger partial charge in [0, 0.05) is 27.8 Å². The lowest BCUT2D eigenvalue weighted by atomic mass is 9.86. The van der Waals surface area contributed by atoms with E-state index in [-0.39, 0.29) is 51.5 Å². The van der Waals surface area contributed by atoms with Gasteiger partial charge in [-0.15, -0.1) is 11.3 Å². The number of ether oxygens (including phenoxy) is 1. The summed E-state index contributed by atoms with van der Waals surface area (Å²) in [6.07, 6.45) is -9.58. The highest BCUT2D eigenvalue weighted by atomic mass is 32.1. The van der Waals surface area contributed by atoms with Crippen LogP contribution in [0, 0.1) is 5.82 Å². The standard InChI is InChI=1S/C32H23F7N4O6S/c1-48-23-7-2-15(22-11-30(49-42-22)13-43(14-30)25(45)12-44)8-19(23)28(46)41-26-18-5-3-16(31(34,35)36)9-24(18)50-27(26)29(47)40-17-4-6-21(33)20(10-17)32(37,38)39/h2-10,44H,11-14H2,1H3,(H,40,47)(H,41,46). The van der Waals surface area contributed by atoms with Gasteiger partial charge in [0.05, 0.1) is 48.3 Å². The second kappa shape index (κ2) is 12.6. The number of anilines is 2. The van der Waals surface area contributed by atoms with Crippen LogP contribution in [-0.2, 0) is 22.0 Å². The van der Waals surface area contributed by atoms with Crippen LogP contribution in [0.5, 0.6) is 5.75 Å². The summed E-state index contributed by atoms with van der Waals surface area (Å²) in [7, 11) is 1.29. The number of benzene rings is 3. The van der Waals surface area contributed by atoms with Crippen LogP contribution in [0.3, 0.4) is 0 Å². The normalized spacial score (nSPS) is 15.4. The molecule has 0 bridgehead atoms. The average Bonchev–Trinajstić information content (AvgIpc) is 3.66. The van der Waals surface area contributed by atoms with Crippen LogP contribution in [0.2, 0.25) is 0 Å². The van der Waals surface area contributed by atoms with Crippen molar-refractivity contribution in [3.8, 4) is 5.75 Å². The number of oxime groups is 1. The molecule has 1 saturated heterocycles. The number of aliphatic hydroxyl groups is 1. The van der Waals surface area contributed by atoms with Crippen LogP contribution in [-0.4, -0.2) is 65.8 Å². The highest BCUT2D eigenvalue weighted by molar-refractivity contribution is 7.21. The van der Waals surface area contributed by atoms with Crippen LogP contribution >= 0.6 is 11.3 Å². The van der Waals surface area contributed by atoms with Crippen LogP contribution in [0.4, 0.5) is 42.1 Å². The lowest BCUT2D eigenvalue weighted by Gasteiger charge is -2.45. The predicted octanol–water partition coefficient (Wildman–Crippen LogP) is 6.29. The molecule has 3 heterocycles. The maximum atomic E-state index is 13.9. The Kier molecular flexibility index (Phi) is 8.71. The Morgan fingerprint density at radius 1 is 0.980 bits per heavy atom. The van der Waals surface area contributed by atoms with E-state index in [0.717, 1.165) is 24.3 Å². The average molecular weight is 725 g/mol. The topological polar surface area (TPSA) is 130 Å². The van der Waals surface area contributed by atoms with E-state index in [1.807, 2.05) is 0 Å². The minimum absolute atomic E-state index is 0.0224. The second-order valence-electron chi connectivity index (χ2n) is 11.4. The summed E-state index contributed by atoms with van der Waals surface area (Å²) in [5, 5.41) is 18.0. The lowest BCUT2D eigenvalue weighted by Crippen LogP contribution is -2.64. The minimum atomic E-state index is -5.09. The monoisotopic (exact) mass is 724 g/mol. The smallest absolute Gasteiger partial charge is 0.419 e. The molecule has 18 heteroatoms. The highest BCUT2D eigenvalue weighted by Gasteiger charge is 2.51. The molecule has 0 atom stereocenters. The minimum Gasteiger partial charge on any atom is -0.496 e. The van der Waals surface area contributed by atoms with E-state index in [1.165, 1.54) is 24.1 Å². The van der Waals surface area contributed by atoms with E-state index in [0.29, 0.717) is 34.7 Å². The zero-order chi connectivity index (χ0) is 36.2. The van der Waals surface area contributed by atoms with Gasteiger partial charge >= 0.3 is 12.4 Å². The Morgan fingerprint density at radius 2 is 1.72 bits per heavy atom. The third kappa shape index (κ3) is 6.55. The van der Waals surface area contributed by atoms with Crippen molar-refractivity contribution in [3.63, 3.8) is 0 Å². The number of halogens is 7. The summed E-state index contributed by atoms with van der Waals surface area (Å²) in [6, 6.07) is 8.75. The number of thiophene rings is 1. The van der Waals surface area contributed by atoms with Crippen molar-refractivity contribution >= 4 is 56.2 Å². The first-order valence-corrected chi connectivity index (χ1v) is 15.3. The number of likely N-dealkylation sites (tertiary alicyclic amines) is 1. The molecule has 262 valence electrons. The number of amides is 3. The third-order valence-corrected chi connectivity index (χ3v) is 9.21. The highest BCUT2D eigenvalue weighted by Crippen LogP contribution is 2.41. The van der Waals surface area contributed by atoms with E-state index in [1.54, 1.807) is 6.07 Å². The van der Waals surface area contributed by atoms with Gasteiger partial charge in [0.15, 0.2) is 5.60 Å². The first-order chi connectivity index (χ1) is 23.5. The molecule has 1 aromatic heterocycles. The predicted molar refractivity (Wildman–Crippen MR) is 166 cm³/mol. The zero-order valence-corrected chi connectivity index (χ0v) is 26.3. The van der Waals surface area contributed by atoms with E-state index < -0.39 is 64.9 Å². The van der Waals surface area contributed by atoms with Crippen molar-refractivity contribution in [3.05, 3.63) is 87.5 Å². The van der Waals surface area contributed by atoms with Crippen molar-refractivity contribution in [2.24, 2.45) is 5.16 Å². The second-order valence-corrected chi connectivity index (χ2v) is 12.5. The maximum absolute atomic E-state index is 13.9. The van der Waals surface area contributed by atoms with E-state index in [4.69, 9.17) is 14.7 Å². The molecule has 1 fully saturated rings. The van der Waals surface area contributed by atoms with Gasteiger partial charge in [-0.05, 0) is 48.5 Å². The fourth-order valence-electron chi connectivity index (χ4n) is 5.58. The molecule has 0 aliphatic carbocycles. The summed E-state index contributed by atoms with van der Waals surface area (Å²) < 4.78 is 99.6. The van der Waals surface area contributed by atoms with Gasteiger partial charge in [-0.2, -0.15) is 26.3 Å². The Morgan fingerprint density at radius 3 is 2.38 bits per heavy atom. The van der Waals surface area contributed by atoms with Crippen LogP contribution in [0.25, 0.3) is 10.1 Å². The first kappa shape index (κ1) is 34.6. The number of fused-ring (bicyclic) bond motifs is 1. The van der Waals surface area contributed by atoms with Crippen molar-refractivity contribution < 1.29 is 59.8 Å². The molecule has 3 amide bonds. The van der Waals surface area contributed by atoms with Gasteiger partial charge in [0.2, 0.25) is 5.91 Å². The molecule has 0 unspecified atom stereocenters. The van der Waals surface area contributed by atoms with Crippen molar-refractivity contribution in [2.45, 2.75) is 24.4 Å². The summed E-state index contributed by atoms with van der Waals surface area (Å²) in [5.74, 6) is -3.94. The van der Waals surface area contributed by atoms with Crippen molar-refractivity contribution in [1.82, 2.24) is 4.90 Å². The third-order valence-electron chi connectivity index (χ3n) is 8.05. The Balaban J connectivity index is 1.32. The molecule has 0 radical (unpaired) electrons. The summed E-state index contributed by atoms with van der Waals surface area (Å²) >= 11 is 0.544. The summed E-state index contributed by atoms with van der Waals surface area (Å²) in [6.45, 7) is -0.285. The summed E-state index contributed by atoms with van der Waals surface area (Å²) in [4.78, 5) is 45.6. The SMILES string of the molecule is COc1ccc(C2=NOC3(C2)CN(C(=O)CO)C3)cc1C(=O)Nc1c(C(=O)Nc2ccc(F)c(C(F)(F)F)c2)sc2cc(C(F)(F)F)ccc12. The molecule has 10 nitrogen and oxygen atoms in total. The molecule has 3 aromatic carbocycles. The van der Waals surface area contributed by atoms with E-state index in [2.05, 4.69) is 15.8 Å². The number of carbonyl (C=O) groups is 3. The number of hydrogen-bond donors (Lipinski definition) is 3. The number of hydrogen-bond acceptors (Lipinski definition) is 8. The maximum Gasteiger partial charge on any atom is 0.419 e. The van der Waals surface area contributed by atoms with Crippen molar-refractivity contribution in [2.75, 3.05) is 37.4 Å². The molecule has 1 spiro atoms. The molecule has 2 aliphatic heterocycles. The van der Waals surface area contributed by atoms with Crippen molar-refractivity contribution in [1.29, 1.82) is 0 Å². The summed E-state index contributed by atoms with van der Waals surface area (Å²) in [5.41, 5.74) is -3.43. The molecular weight excluding hydrogens is 701 g/mol. The Hall–Kier alpha value is -5.23. The molecule has 2 aliphatic rings. The van der Waals surface area contributed by atoms with Gasteiger partial charge in [-0.3, -0.25) is 14.4 Å². The Bertz CT molecular complexity index is 2070. The molecule has 3 N–H and O–H groups in total. The largest absolute Gasteiger partial charge is 0.496 e. The number of carbonyl (C=O) groups excluding carboxylic acids is 3. The lowest BCUT2D eigenvalue weighted by molar-refractivity contribution is -0.164. The number of aliphatic hydroxyl groups excluding tert-OH is 1. The van der Waals surface area contributed by atoms with E-state index >= 15 is 0 Å². The molecule has 0 saturated carbocycles. The van der Waals surface area contributed by atoms with Crippen LogP contribution < -0.4 is 15.4 Å². The van der Waals surface area contributed by atoms with E-state index in [9.17, 15) is 45.1 Å². The molecular formula is C32H23F7N4O6S. The van der Waals surface area contributed by atoms with Gasteiger partial charge in [-0.1, -0.05) is 11.2 Å². The molecule has 6 rings (SSSR count). The molecule has 50 heavy (non-hydrogen) atoms. The van der Waals surface area contributed by atoms with Gasteiger partial charge in [0.25, 0.3) is 11.8 Å². The Labute approximate surface area is 281 Å². The number of methoxy groups -OCH3 is 1. The number of rotatable bonds is 7. The number of alkyl halides is 6. The fraction of sp³-hybridized carbons (Fsp3) is 0.250. The number of nitrogens with one attached hydrogen (secondary N) is 2. The van der Waals surface area contributed by atoms with Crippen LogP contribution in [0.15, 0.2) is 59.8 Å². The van der Waals surface area contributed by atoms with Crippen LogP contribution in [0.1, 0.15) is 43.1 Å². The fourth-order valence-corrected chi connectivity index (χ4v) is 6.68. The zero-order valence-electron chi connectivity index (χ0n) is 25.5. The molecule has 4 aromatic rings. The van der Waals surface area contributed by atoms with Gasteiger partial charge in [-0.25, -0.2) is 4.39 Å².